The molecule has 0 radical (unpaired) electrons. The minimum atomic E-state index is 0.727. The molecule has 0 aliphatic carbocycles. The predicted molar refractivity (Wildman–Crippen MR) is 76.3 cm³/mol. The molecule has 1 aliphatic heterocycles. The van der Waals surface area contributed by atoms with Crippen LogP contribution in [0.2, 0.25) is 0 Å². The molecule has 1 rings (SSSR count). The maximum Gasteiger partial charge on any atom is 0.0243 e. The minimum absolute atomic E-state index is 0.727. The van der Waals surface area contributed by atoms with E-state index in [2.05, 4.69) is 44.8 Å². The zero-order valence-corrected chi connectivity index (χ0v) is 12.5. The van der Waals surface area contributed by atoms with Crippen LogP contribution in [-0.2, 0) is 0 Å². The monoisotopic (exact) mass is 240 g/mol. The maximum absolute atomic E-state index is 3.60. The van der Waals surface area contributed by atoms with Gasteiger partial charge in [0.2, 0.25) is 0 Å². The first-order valence-electron chi connectivity index (χ1n) is 7.51. The third-order valence-corrected chi connectivity index (χ3v) is 4.22. The molecule has 2 nitrogen and oxygen atoms in total. The Morgan fingerprint density at radius 3 is 2.41 bits per heavy atom. The Morgan fingerprint density at radius 1 is 1.24 bits per heavy atom. The largest absolute Gasteiger partial charge is 0.315 e. The highest BCUT2D eigenvalue weighted by Crippen LogP contribution is 2.26. The summed E-state index contributed by atoms with van der Waals surface area (Å²) >= 11 is 0. The molecule has 2 atom stereocenters. The van der Waals surface area contributed by atoms with E-state index in [0.717, 1.165) is 36.9 Å². The van der Waals surface area contributed by atoms with Crippen LogP contribution in [0.25, 0.3) is 0 Å². The molecule has 0 saturated carbocycles. The van der Waals surface area contributed by atoms with Gasteiger partial charge in [-0.1, -0.05) is 34.6 Å². The van der Waals surface area contributed by atoms with E-state index in [4.69, 9.17) is 0 Å². The van der Waals surface area contributed by atoms with Crippen molar-refractivity contribution in [2.24, 2.45) is 17.8 Å². The van der Waals surface area contributed by atoms with Gasteiger partial charge in [-0.05, 0) is 43.7 Å². The molecule has 1 saturated heterocycles. The minimum Gasteiger partial charge on any atom is -0.315 e. The number of rotatable bonds is 7. The van der Waals surface area contributed by atoms with E-state index in [1.807, 2.05) is 0 Å². The summed E-state index contributed by atoms with van der Waals surface area (Å²) < 4.78 is 0. The summed E-state index contributed by atoms with van der Waals surface area (Å²) in [4.78, 5) is 2.72. The van der Waals surface area contributed by atoms with Crippen molar-refractivity contribution in [2.75, 3.05) is 26.2 Å². The van der Waals surface area contributed by atoms with E-state index < -0.39 is 0 Å². The average Bonchev–Trinajstić information content (AvgIpc) is 2.73. The van der Waals surface area contributed by atoms with Gasteiger partial charge in [0, 0.05) is 19.1 Å². The Bertz CT molecular complexity index is 201. The molecule has 1 fully saturated rings. The van der Waals surface area contributed by atoms with Gasteiger partial charge in [0.1, 0.15) is 0 Å². The van der Waals surface area contributed by atoms with Crippen molar-refractivity contribution < 1.29 is 0 Å². The van der Waals surface area contributed by atoms with Gasteiger partial charge in [0.15, 0.2) is 0 Å². The summed E-state index contributed by atoms with van der Waals surface area (Å²) in [7, 11) is 0. The summed E-state index contributed by atoms with van der Waals surface area (Å²) in [6.07, 6.45) is 2.63. The van der Waals surface area contributed by atoms with Gasteiger partial charge in [-0.2, -0.15) is 0 Å². The fraction of sp³-hybridized carbons (Fsp3) is 1.00. The lowest BCUT2D eigenvalue weighted by molar-refractivity contribution is 0.175. The Morgan fingerprint density at radius 2 is 1.94 bits per heavy atom. The second kappa shape index (κ2) is 7.38. The first kappa shape index (κ1) is 15.0. The van der Waals surface area contributed by atoms with Crippen LogP contribution in [0.15, 0.2) is 0 Å². The van der Waals surface area contributed by atoms with E-state index >= 15 is 0 Å². The molecule has 2 heteroatoms. The van der Waals surface area contributed by atoms with Gasteiger partial charge >= 0.3 is 0 Å². The molecule has 0 aromatic carbocycles. The second-order valence-corrected chi connectivity index (χ2v) is 6.30. The van der Waals surface area contributed by atoms with Crippen molar-refractivity contribution in [1.82, 2.24) is 10.2 Å². The van der Waals surface area contributed by atoms with Crippen LogP contribution in [0.3, 0.4) is 0 Å². The van der Waals surface area contributed by atoms with Crippen LogP contribution >= 0.6 is 0 Å². The van der Waals surface area contributed by atoms with Crippen molar-refractivity contribution >= 4 is 0 Å². The van der Waals surface area contributed by atoms with Gasteiger partial charge < -0.3 is 5.32 Å². The van der Waals surface area contributed by atoms with Crippen molar-refractivity contribution in [3.8, 4) is 0 Å². The van der Waals surface area contributed by atoms with Crippen LogP contribution in [0.1, 0.15) is 47.5 Å². The standard InChI is InChI=1S/C15H32N2/c1-6-8-16-10-15(13(4)5)17-9-7-14(11-17)12(2)3/h12-16H,6-11H2,1-5H3. The van der Waals surface area contributed by atoms with E-state index in [0.29, 0.717) is 0 Å². The normalized spacial score (nSPS) is 23.8. The van der Waals surface area contributed by atoms with E-state index in [1.165, 1.54) is 25.9 Å². The number of nitrogens with zero attached hydrogens (tertiary/aromatic N) is 1. The molecule has 1 N–H and O–H groups in total. The number of hydrogen-bond acceptors (Lipinski definition) is 2. The van der Waals surface area contributed by atoms with Crippen LogP contribution in [0, 0.1) is 17.8 Å². The molecule has 1 heterocycles. The molecule has 0 aromatic rings. The second-order valence-electron chi connectivity index (χ2n) is 6.30. The zero-order chi connectivity index (χ0) is 12.8. The Kier molecular flexibility index (Phi) is 6.50. The summed E-state index contributed by atoms with van der Waals surface area (Å²) in [6.45, 7) is 16.6. The number of nitrogens with one attached hydrogen (secondary N) is 1. The summed E-state index contributed by atoms with van der Waals surface area (Å²) in [5.74, 6) is 2.52. The molecule has 17 heavy (non-hydrogen) atoms. The molecule has 102 valence electrons. The highest BCUT2D eigenvalue weighted by molar-refractivity contribution is 4.85. The van der Waals surface area contributed by atoms with Gasteiger partial charge in [-0.3, -0.25) is 4.90 Å². The van der Waals surface area contributed by atoms with Crippen molar-refractivity contribution in [3.63, 3.8) is 0 Å². The molecule has 2 unspecified atom stereocenters. The lowest BCUT2D eigenvalue weighted by Gasteiger charge is -2.31. The van der Waals surface area contributed by atoms with E-state index in [-0.39, 0.29) is 0 Å². The van der Waals surface area contributed by atoms with Gasteiger partial charge in [-0.25, -0.2) is 0 Å². The number of likely N-dealkylation sites (tertiary alicyclic amines) is 1. The van der Waals surface area contributed by atoms with Crippen molar-refractivity contribution in [1.29, 1.82) is 0 Å². The summed E-state index contributed by atoms with van der Waals surface area (Å²) in [5, 5.41) is 3.60. The third-order valence-electron chi connectivity index (χ3n) is 4.22. The molecule has 0 amide bonds. The molecule has 0 aromatic heterocycles. The molecule has 1 aliphatic rings. The molecule has 0 spiro atoms. The van der Waals surface area contributed by atoms with Crippen molar-refractivity contribution in [2.45, 2.75) is 53.5 Å². The summed E-state index contributed by atoms with van der Waals surface area (Å²) in [5.41, 5.74) is 0. The average molecular weight is 240 g/mol. The van der Waals surface area contributed by atoms with E-state index in [1.54, 1.807) is 0 Å². The first-order chi connectivity index (χ1) is 8.06. The highest BCUT2D eigenvalue weighted by atomic mass is 15.2. The first-order valence-corrected chi connectivity index (χ1v) is 7.51. The topological polar surface area (TPSA) is 15.3 Å². The van der Waals surface area contributed by atoms with E-state index in [9.17, 15) is 0 Å². The van der Waals surface area contributed by atoms with Crippen molar-refractivity contribution in [3.05, 3.63) is 0 Å². The number of hydrogen-bond donors (Lipinski definition) is 1. The molecule has 0 bridgehead atoms. The third kappa shape index (κ3) is 4.59. The van der Waals surface area contributed by atoms with Gasteiger partial charge in [0.05, 0.1) is 0 Å². The quantitative estimate of drug-likeness (QED) is 0.688. The van der Waals surface area contributed by atoms with Gasteiger partial charge in [-0.15, -0.1) is 0 Å². The zero-order valence-electron chi connectivity index (χ0n) is 12.5. The molecular weight excluding hydrogens is 208 g/mol. The fourth-order valence-corrected chi connectivity index (χ4v) is 2.87. The van der Waals surface area contributed by atoms with Gasteiger partial charge in [0.25, 0.3) is 0 Å². The Labute approximate surface area is 108 Å². The highest BCUT2D eigenvalue weighted by Gasteiger charge is 2.30. The van der Waals surface area contributed by atoms with Crippen LogP contribution in [0.5, 0.6) is 0 Å². The van der Waals surface area contributed by atoms with Crippen LogP contribution < -0.4 is 5.32 Å². The smallest absolute Gasteiger partial charge is 0.0243 e. The molecular formula is C15H32N2. The SMILES string of the molecule is CCCNCC(C(C)C)N1CCC(C(C)C)C1. The lowest BCUT2D eigenvalue weighted by Crippen LogP contribution is -2.44. The Hall–Kier alpha value is -0.0800. The summed E-state index contributed by atoms with van der Waals surface area (Å²) in [6, 6.07) is 0.727. The van der Waals surface area contributed by atoms with Crippen LogP contribution in [0.4, 0.5) is 0 Å². The fourth-order valence-electron chi connectivity index (χ4n) is 2.87. The predicted octanol–water partition coefficient (Wildman–Crippen LogP) is 2.99. The Balaban J connectivity index is 2.43. The van der Waals surface area contributed by atoms with Crippen LogP contribution in [-0.4, -0.2) is 37.1 Å². The lowest BCUT2D eigenvalue weighted by atomic mass is 9.95. The maximum atomic E-state index is 3.60.